The summed E-state index contributed by atoms with van der Waals surface area (Å²) >= 11 is 0. The predicted octanol–water partition coefficient (Wildman–Crippen LogP) is 1.51. The minimum absolute atomic E-state index is 0.0224. The zero-order valence-electron chi connectivity index (χ0n) is 14.7. The van der Waals surface area contributed by atoms with Crippen LogP contribution in [0, 0.1) is 13.8 Å². The van der Waals surface area contributed by atoms with Crippen molar-refractivity contribution in [3.63, 3.8) is 0 Å². The van der Waals surface area contributed by atoms with E-state index in [0.29, 0.717) is 6.42 Å². The van der Waals surface area contributed by atoms with Gasteiger partial charge >= 0.3 is 0 Å². The van der Waals surface area contributed by atoms with Crippen LogP contribution in [-0.2, 0) is 24.1 Å². The number of hydrogen-bond acceptors (Lipinski definition) is 6. The minimum atomic E-state index is 0.0224. The molecule has 0 unspecified atom stereocenters. The minimum Gasteiger partial charge on any atom is -0.361 e. The zero-order chi connectivity index (χ0) is 17.4. The van der Waals surface area contributed by atoms with Crippen LogP contribution in [0.2, 0.25) is 0 Å². The molecule has 1 saturated heterocycles. The summed E-state index contributed by atoms with van der Waals surface area (Å²) in [5, 5.41) is 7.05. The van der Waals surface area contributed by atoms with E-state index in [-0.39, 0.29) is 11.9 Å². The van der Waals surface area contributed by atoms with Crippen molar-refractivity contribution in [2.24, 2.45) is 0 Å². The molecule has 4 rings (SSSR count). The van der Waals surface area contributed by atoms with E-state index >= 15 is 0 Å². The Balaban J connectivity index is 1.38. The van der Waals surface area contributed by atoms with Crippen molar-refractivity contribution in [1.29, 1.82) is 0 Å². The van der Waals surface area contributed by atoms with Gasteiger partial charge in [0.1, 0.15) is 17.9 Å². The molecule has 0 saturated carbocycles. The maximum Gasteiger partial charge on any atom is 0.224 e. The van der Waals surface area contributed by atoms with E-state index in [0.717, 1.165) is 61.6 Å². The molecule has 25 heavy (non-hydrogen) atoms. The van der Waals surface area contributed by atoms with Crippen LogP contribution in [0.5, 0.6) is 0 Å². The van der Waals surface area contributed by atoms with Crippen LogP contribution in [0.3, 0.4) is 0 Å². The monoisotopic (exact) mass is 341 g/mol. The van der Waals surface area contributed by atoms with E-state index in [2.05, 4.69) is 25.3 Å². The third kappa shape index (κ3) is 3.10. The van der Waals surface area contributed by atoms with Gasteiger partial charge in [0.15, 0.2) is 0 Å². The molecule has 7 heteroatoms. The number of carbonyl (C=O) groups excluding carboxylic acids is 1. The topological polar surface area (TPSA) is 84.2 Å². The van der Waals surface area contributed by atoms with E-state index in [4.69, 9.17) is 4.52 Å². The molecule has 1 aliphatic heterocycles. The third-order valence-corrected chi connectivity index (χ3v) is 5.22. The van der Waals surface area contributed by atoms with Crippen molar-refractivity contribution in [2.75, 3.05) is 18.0 Å². The number of aryl methyl sites for hydroxylation is 3. The number of anilines is 1. The van der Waals surface area contributed by atoms with Gasteiger partial charge in [-0.3, -0.25) is 4.79 Å². The standard InChI is InChI=1S/C18H23N5O2/c1-11-15(12(2)25-22-11)8-17(24)21-13-6-7-23(9-13)18-14-4-3-5-16(14)19-10-20-18/h10,13H,3-9H2,1-2H3,(H,21,24)/t13-/m1/s1. The fourth-order valence-corrected chi connectivity index (χ4v) is 3.88. The first kappa shape index (κ1) is 16.1. The Bertz CT molecular complexity index is 781. The first-order valence-electron chi connectivity index (χ1n) is 8.90. The Morgan fingerprint density at radius 1 is 1.36 bits per heavy atom. The summed E-state index contributed by atoms with van der Waals surface area (Å²) in [6.07, 6.45) is 6.20. The number of rotatable bonds is 4. The van der Waals surface area contributed by atoms with Crippen LogP contribution in [0.25, 0.3) is 0 Å². The van der Waals surface area contributed by atoms with Crippen molar-refractivity contribution < 1.29 is 9.32 Å². The molecule has 0 spiro atoms. The average molecular weight is 341 g/mol. The molecule has 1 N–H and O–H groups in total. The molecule has 2 aromatic heterocycles. The number of aromatic nitrogens is 3. The Labute approximate surface area is 146 Å². The van der Waals surface area contributed by atoms with Gasteiger partial charge in [-0.2, -0.15) is 0 Å². The number of nitrogens with zero attached hydrogens (tertiary/aromatic N) is 4. The molecule has 3 heterocycles. The summed E-state index contributed by atoms with van der Waals surface area (Å²) in [4.78, 5) is 23.6. The zero-order valence-corrected chi connectivity index (χ0v) is 14.7. The Hall–Kier alpha value is -2.44. The first-order valence-corrected chi connectivity index (χ1v) is 8.90. The number of hydrogen-bond donors (Lipinski definition) is 1. The van der Waals surface area contributed by atoms with Crippen molar-refractivity contribution in [2.45, 2.75) is 52.0 Å². The Morgan fingerprint density at radius 3 is 3.04 bits per heavy atom. The van der Waals surface area contributed by atoms with Gasteiger partial charge in [0.2, 0.25) is 5.91 Å². The van der Waals surface area contributed by atoms with E-state index in [9.17, 15) is 4.79 Å². The summed E-state index contributed by atoms with van der Waals surface area (Å²) in [5.74, 6) is 1.80. The van der Waals surface area contributed by atoms with E-state index in [1.54, 1.807) is 6.33 Å². The van der Waals surface area contributed by atoms with Crippen LogP contribution in [0.1, 0.15) is 41.1 Å². The molecule has 1 atom stereocenters. The largest absolute Gasteiger partial charge is 0.361 e. The summed E-state index contributed by atoms with van der Waals surface area (Å²) in [5.41, 5.74) is 4.17. The van der Waals surface area contributed by atoms with Crippen LogP contribution < -0.4 is 10.2 Å². The summed E-state index contributed by atoms with van der Waals surface area (Å²) in [6, 6.07) is 0.153. The second-order valence-corrected chi connectivity index (χ2v) is 6.95. The SMILES string of the molecule is Cc1noc(C)c1CC(=O)N[C@@H]1CCN(c2ncnc3c2CCC3)C1. The Morgan fingerprint density at radius 2 is 2.24 bits per heavy atom. The van der Waals surface area contributed by atoms with Crippen LogP contribution >= 0.6 is 0 Å². The maximum atomic E-state index is 12.4. The maximum absolute atomic E-state index is 12.4. The molecule has 7 nitrogen and oxygen atoms in total. The fraction of sp³-hybridized carbons (Fsp3) is 0.556. The van der Waals surface area contributed by atoms with Crippen molar-refractivity contribution in [1.82, 2.24) is 20.4 Å². The van der Waals surface area contributed by atoms with Gasteiger partial charge in [-0.25, -0.2) is 9.97 Å². The molecule has 1 amide bonds. The number of carbonyl (C=O) groups is 1. The van der Waals surface area contributed by atoms with Gasteiger partial charge in [-0.15, -0.1) is 0 Å². The first-order chi connectivity index (χ1) is 12.1. The third-order valence-electron chi connectivity index (χ3n) is 5.22. The quantitative estimate of drug-likeness (QED) is 0.907. The molecule has 0 radical (unpaired) electrons. The van der Waals surface area contributed by atoms with Gasteiger partial charge < -0.3 is 14.7 Å². The average Bonchev–Trinajstić information content (AvgIpc) is 3.31. The lowest BCUT2D eigenvalue weighted by molar-refractivity contribution is -0.121. The van der Waals surface area contributed by atoms with Crippen LogP contribution in [0.4, 0.5) is 5.82 Å². The van der Waals surface area contributed by atoms with Crippen LogP contribution in [-0.4, -0.2) is 40.2 Å². The second-order valence-electron chi connectivity index (χ2n) is 6.95. The lowest BCUT2D eigenvalue weighted by Gasteiger charge is -2.20. The van der Waals surface area contributed by atoms with Gasteiger partial charge in [0.05, 0.1) is 12.1 Å². The van der Waals surface area contributed by atoms with E-state index < -0.39 is 0 Å². The predicted molar refractivity (Wildman–Crippen MR) is 92.5 cm³/mol. The lowest BCUT2D eigenvalue weighted by Crippen LogP contribution is -2.38. The number of amides is 1. The highest BCUT2D eigenvalue weighted by Gasteiger charge is 2.28. The molecule has 1 aliphatic carbocycles. The smallest absolute Gasteiger partial charge is 0.224 e. The van der Waals surface area contributed by atoms with Crippen LogP contribution in [0.15, 0.2) is 10.9 Å². The highest BCUT2D eigenvalue weighted by molar-refractivity contribution is 5.79. The lowest BCUT2D eigenvalue weighted by atomic mass is 10.1. The molecule has 2 aromatic rings. The van der Waals surface area contributed by atoms with Crippen molar-refractivity contribution in [3.8, 4) is 0 Å². The molecule has 132 valence electrons. The number of nitrogens with one attached hydrogen (secondary N) is 1. The highest BCUT2D eigenvalue weighted by Crippen LogP contribution is 2.29. The van der Waals surface area contributed by atoms with Gasteiger partial charge in [-0.05, 0) is 39.5 Å². The van der Waals surface area contributed by atoms with Crippen molar-refractivity contribution in [3.05, 3.63) is 34.6 Å². The second kappa shape index (κ2) is 6.46. The summed E-state index contributed by atoms with van der Waals surface area (Å²) < 4.78 is 5.13. The van der Waals surface area contributed by atoms with Crippen molar-refractivity contribution >= 4 is 11.7 Å². The normalized spacial score (nSPS) is 19.3. The molecular formula is C18H23N5O2. The van der Waals surface area contributed by atoms with Gasteiger partial charge in [-0.1, -0.05) is 5.16 Å². The molecule has 1 fully saturated rings. The number of fused-ring (bicyclic) bond motifs is 1. The molecule has 0 aromatic carbocycles. The molecule has 2 aliphatic rings. The molecule has 0 bridgehead atoms. The highest BCUT2D eigenvalue weighted by atomic mass is 16.5. The fourth-order valence-electron chi connectivity index (χ4n) is 3.88. The summed E-state index contributed by atoms with van der Waals surface area (Å²) in [7, 11) is 0. The molecular weight excluding hydrogens is 318 g/mol. The van der Waals surface area contributed by atoms with E-state index in [1.165, 1.54) is 11.3 Å². The summed E-state index contributed by atoms with van der Waals surface area (Å²) in [6.45, 7) is 5.43. The van der Waals surface area contributed by atoms with E-state index in [1.807, 2.05) is 13.8 Å². The van der Waals surface area contributed by atoms with Gasteiger partial charge in [0.25, 0.3) is 0 Å². The Kier molecular flexibility index (Phi) is 4.15. The van der Waals surface area contributed by atoms with Gasteiger partial charge in [0, 0.05) is 36.0 Å².